The molecule has 0 radical (unpaired) electrons. The highest BCUT2D eigenvalue weighted by atomic mass is 14.9. The van der Waals surface area contributed by atoms with Gasteiger partial charge in [-0.1, -0.05) is 18.9 Å². The molecule has 0 unspecified atom stereocenters. The quantitative estimate of drug-likeness (QED) is 0.551. The Morgan fingerprint density at radius 2 is 2.46 bits per heavy atom. The maximum absolute atomic E-state index is 5.13. The fraction of sp³-hybridized carbons (Fsp3) is 0.364. The molecule has 0 aliphatic heterocycles. The van der Waals surface area contributed by atoms with E-state index < -0.39 is 0 Å². The Balaban J connectivity index is 2.60. The summed E-state index contributed by atoms with van der Waals surface area (Å²) in [5.41, 5.74) is 2.38. The zero-order valence-corrected chi connectivity index (χ0v) is 7.88. The van der Waals surface area contributed by atoms with E-state index in [4.69, 9.17) is 6.42 Å². The Morgan fingerprint density at radius 1 is 1.62 bits per heavy atom. The Labute approximate surface area is 79.4 Å². The normalized spacial score (nSPS) is 9.54. The highest BCUT2D eigenvalue weighted by molar-refractivity contribution is 5.19. The molecule has 1 aromatic heterocycles. The van der Waals surface area contributed by atoms with Gasteiger partial charge in [0.05, 0.1) is 12.2 Å². The molecule has 1 rings (SSSR count). The first-order chi connectivity index (χ1) is 6.38. The molecule has 0 bridgehead atoms. The van der Waals surface area contributed by atoms with Crippen molar-refractivity contribution in [3.63, 3.8) is 0 Å². The Hall–Kier alpha value is -1.33. The summed E-state index contributed by atoms with van der Waals surface area (Å²) in [7, 11) is 0. The van der Waals surface area contributed by atoms with Gasteiger partial charge in [-0.2, -0.15) is 0 Å². The molecule has 0 aliphatic carbocycles. The summed E-state index contributed by atoms with van der Waals surface area (Å²) in [6.07, 6.45) is 7.96. The molecule has 0 atom stereocenters. The number of rotatable bonds is 4. The summed E-state index contributed by atoms with van der Waals surface area (Å²) in [4.78, 5) is 4.29. The van der Waals surface area contributed by atoms with Gasteiger partial charge in [-0.15, -0.1) is 6.42 Å². The average Bonchev–Trinajstić information content (AvgIpc) is 2.19. The van der Waals surface area contributed by atoms with E-state index in [9.17, 15) is 0 Å². The average molecular weight is 174 g/mol. The van der Waals surface area contributed by atoms with Crippen LogP contribution in [0.4, 0.5) is 0 Å². The van der Waals surface area contributed by atoms with Crippen LogP contribution in [0.15, 0.2) is 18.3 Å². The summed E-state index contributed by atoms with van der Waals surface area (Å²) < 4.78 is 0. The predicted octanol–water partition coefficient (Wildman–Crippen LogP) is 1.37. The Bertz CT molecular complexity index is 299. The summed E-state index contributed by atoms with van der Waals surface area (Å²) in [5, 5.41) is 3.13. The van der Waals surface area contributed by atoms with E-state index in [1.54, 1.807) is 0 Å². The Kier molecular flexibility index (Phi) is 4.01. The number of aromatic nitrogens is 1. The van der Waals surface area contributed by atoms with Gasteiger partial charge < -0.3 is 5.32 Å². The van der Waals surface area contributed by atoms with Crippen LogP contribution in [0.5, 0.6) is 0 Å². The number of terminal acetylenes is 1. The minimum absolute atomic E-state index is 0.597. The molecule has 0 amide bonds. The van der Waals surface area contributed by atoms with Crippen molar-refractivity contribution in [2.45, 2.75) is 19.9 Å². The van der Waals surface area contributed by atoms with Gasteiger partial charge in [-0.05, 0) is 18.1 Å². The first kappa shape index (κ1) is 9.76. The van der Waals surface area contributed by atoms with Gasteiger partial charge in [-0.25, -0.2) is 0 Å². The second-order valence-electron chi connectivity index (χ2n) is 2.77. The maximum Gasteiger partial charge on any atom is 0.0576 e. The van der Waals surface area contributed by atoms with E-state index in [1.807, 2.05) is 12.3 Å². The fourth-order valence-electron chi connectivity index (χ4n) is 1.21. The van der Waals surface area contributed by atoms with Crippen molar-refractivity contribution in [3.8, 4) is 12.3 Å². The first-order valence-corrected chi connectivity index (χ1v) is 4.45. The lowest BCUT2D eigenvalue weighted by Crippen LogP contribution is -2.15. The molecule has 0 saturated heterocycles. The number of hydrogen-bond donors (Lipinski definition) is 1. The van der Waals surface area contributed by atoms with Gasteiger partial charge in [0.15, 0.2) is 0 Å². The summed E-state index contributed by atoms with van der Waals surface area (Å²) >= 11 is 0. The van der Waals surface area contributed by atoms with Gasteiger partial charge >= 0.3 is 0 Å². The van der Waals surface area contributed by atoms with Crippen molar-refractivity contribution in [3.05, 3.63) is 29.6 Å². The van der Waals surface area contributed by atoms with Crippen molar-refractivity contribution >= 4 is 0 Å². The first-order valence-electron chi connectivity index (χ1n) is 4.45. The third kappa shape index (κ3) is 2.89. The van der Waals surface area contributed by atoms with Gasteiger partial charge in [0.1, 0.15) is 0 Å². The van der Waals surface area contributed by atoms with Crippen molar-refractivity contribution < 1.29 is 0 Å². The molecule has 13 heavy (non-hydrogen) atoms. The lowest BCUT2D eigenvalue weighted by Gasteiger charge is -2.05. The number of nitrogens with one attached hydrogen (secondary N) is 1. The molecule has 1 N–H and O–H groups in total. The van der Waals surface area contributed by atoms with Crippen LogP contribution in [0.2, 0.25) is 0 Å². The lowest BCUT2D eigenvalue weighted by molar-refractivity contribution is 0.739. The molecular weight excluding hydrogens is 160 g/mol. The predicted molar refractivity (Wildman–Crippen MR) is 54.2 cm³/mol. The monoisotopic (exact) mass is 174 g/mol. The maximum atomic E-state index is 5.13. The van der Waals surface area contributed by atoms with Crippen LogP contribution in [0.3, 0.4) is 0 Å². The molecule has 0 saturated carbocycles. The van der Waals surface area contributed by atoms with Crippen LogP contribution >= 0.6 is 0 Å². The second-order valence-corrected chi connectivity index (χ2v) is 2.77. The number of aryl methyl sites for hydroxylation is 1. The highest BCUT2D eigenvalue weighted by Gasteiger charge is 1.98. The third-order valence-corrected chi connectivity index (χ3v) is 1.88. The van der Waals surface area contributed by atoms with Crippen LogP contribution in [-0.2, 0) is 13.0 Å². The molecule has 0 spiro atoms. The molecule has 0 fully saturated rings. The number of pyridine rings is 1. The summed E-state index contributed by atoms with van der Waals surface area (Å²) in [6, 6.07) is 4.06. The zero-order chi connectivity index (χ0) is 9.52. The van der Waals surface area contributed by atoms with Crippen LogP contribution in [0, 0.1) is 12.3 Å². The Morgan fingerprint density at radius 3 is 3.15 bits per heavy atom. The molecule has 0 aliphatic rings. The van der Waals surface area contributed by atoms with E-state index in [1.165, 1.54) is 5.56 Å². The minimum atomic E-state index is 0.597. The van der Waals surface area contributed by atoms with Gasteiger partial charge in [0, 0.05) is 12.7 Å². The largest absolute Gasteiger partial charge is 0.301 e. The topological polar surface area (TPSA) is 24.9 Å². The smallest absolute Gasteiger partial charge is 0.0576 e. The van der Waals surface area contributed by atoms with E-state index in [-0.39, 0.29) is 0 Å². The van der Waals surface area contributed by atoms with Gasteiger partial charge in [0.2, 0.25) is 0 Å². The van der Waals surface area contributed by atoms with Crippen molar-refractivity contribution in [1.82, 2.24) is 10.3 Å². The minimum Gasteiger partial charge on any atom is -0.301 e. The zero-order valence-electron chi connectivity index (χ0n) is 7.88. The van der Waals surface area contributed by atoms with Gasteiger partial charge in [0.25, 0.3) is 0 Å². The van der Waals surface area contributed by atoms with E-state index in [2.05, 4.69) is 29.2 Å². The standard InChI is InChI=1S/C11H14N2/c1-3-7-12-9-11-10(4-2)6-5-8-13-11/h1,5-6,8,12H,4,7,9H2,2H3. The highest BCUT2D eigenvalue weighted by Crippen LogP contribution is 2.04. The van der Waals surface area contributed by atoms with E-state index in [0.717, 1.165) is 18.7 Å². The van der Waals surface area contributed by atoms with Crippen molar-refractivity contribution in [2.24, 2.45) is 0 Å². The van der Waals surface area contributed by atoms with Crippen molar-refractivity contribution in [2.75, 3.05) is 6.54 Å². The molecule has 0 aromatic carbocycles. The molecule has 1 aromatic rings. The SMILES string of the molecule is C#CCNCc1ncccc1CC. The third-order valence-electron chi connectivity index (χ3n) is 1.88. The van der Waals surface area contributed by atoms with E-state index in [0.29, 0.717) is 6.54 Å². The second kappa shape index (κ2) is 5.34. The fourth-order valence-corrected chi connectivity index (χ4v) is 1.21. The molecular formula is C11H14N2. The molecule has 2 heteroatoms. The van der Waals surface area contributed by atoms with Crippen LogP contribution in [0.1, 0.15) is 18.2 Å². The number of nitrogens with zero attached hydrogens (tertiary/aromatic N) is 1. The van der Waals surface area contributed by atoms with Crippen LogP contribution in [-0.4, -0.2) is 11.5 Å². The number of hydrogen-bond acceptors (Lipinski definition) is 2. The molecule has 1 heterocycles. The van der Waals surface area contributed by atoms with E-state index >= 15 is 0 Å². The lowest BCUT2D eigenvalue weighted by atomic mass is 10.1. The summed E-state index contributed by atoms with van der Waals surface area (Å²) in [5.74, 6) is 2.54. The van der Waals surface area contributed by atoms with Crippen LogP contribution < -0.4 is 5.32 Å². The summed E-state index contributed by atoms with van der Waals surface area (Å²) in [6.45, 7) is 3.48. The molecule has 2 nitrogen and oxygen atoms in total. The van der Waals surface area contributed by atoms with Crippen LogP contribution in [0.25, 0.3) is 0 Å². The van der Waals surface area contributed by atoms with Crippen molar-refractivity contribution in [1.29, 1.82) is 0 Å². The van der Waals surface area contributed by atoms with Gasteiger partial charge in [-0.3, -0.25) is 4.98 Å². The molecule has 68 valence electrons.